The molecule has 1 fully saturated rings. The van der Waals surface area contributed by atoms with Crippen LogP contribution in [0.25, 0.3) is 5.76 Å². The lowest BCUT2D eigenvalue weighted by molar-refractivity contribution is -0.132. The maximum Gasteiger partial charge on any atom is 0.350 e. The summed E-state index contributed by atoms with van der Waals surface area (Å²) >= 11 is 0.959. The molecular weight excluding hydrogens is 520 g/mol. The van der Waals surface area contributed by atoms with E-state index in [1.807, 2.05) is 0 Å². The smallest absolute Gasteiger partial charge is 0.350 e. The minimum absolute atomic E-state index is 0.0876. The predicted molar refractivity (Wildman–Crippen MR) is 147 cm³/mol. The van der Waals surface area contributed by atoms with Gasteiger partial charge >= 0.3 is 11.9 Å². The minimum atomic E-state index is -0.989. The molecule has 1 atom stereocenters. The molecule has 1 N–H and O–H groups in total. The van der Waals surface area contributed by atoms with Gasteiger partial charge in [-0.05, 0) is 62.2 Å². The molecule has 3 aromatic rings. The van der Waals surface area contributed by atoms with Crippen LogP contribution in [0.3, 0.4) is 0 Å². The first-order chi connectivity index (χ1) is 18.8. The first-order valence-electron chi connectivity index (χ1n) is 12.6. The van der Waals surface area contributed by atoms with E-state index >= 15 is 0 Å². The van der Waals surface area contributed by atoms with E-state index < -0.39 is 23.7 Å². The van der Waals surface area contributed by atoms with Crippen molar-refractivity contribution in [2.45, 2.75) is 39.7 Å². The molecule has 1 unspecified atom stereocenters. The van der Waals surface area contributed by atoms with Gasteiger partial charge in [-0.3, -0.25) is 14.5 Å². The van der Waals surface area contributed by atoms with Crippen LogP contribution in [0.15, 0.2) is 54.1 Å². The fourth-order valence-electron chi connectivity index (χ4n) is 4.20. The van der Waals surface area contributed by atoms with Crippen molar-refractivity contribution in [2.75, 3.05) is 25.2 Å². The van der Waals surface area contributed by atoms with Crippen molar-refractivity contribution < 1.29 is 33.7 Å². The SMILES string of the molecule is CCCCOc1ccc(/C(O)=C2\C(=O)C(=O)N(c3nc(C)c(C(=O)OCC)s3)C2c2ccc(OC)cc2)cc1. The number of nitrogens with zero attached hydrogens (tertiary/aromatic N) is 2. The third kappa shape index (κ3) is 5.65. The number of carbonyl (C=O) groups excluding carboxylic acids is 3. The summed E-state index contributed by atoms with van der Waals surface area (Å²) in [4.78, 5) is 45.1. The lowest BCUT2D eigenvalue weighted by atomic mass is 9.95. The molecule has 0 saturated carbocycles. The van der Waals surface area contributed by atoms with Gasteiger partial charge in [-0.2, -0.15) is 0 Å². The highest BCUT2D eigenvalue weighted by Crippen LogP contribution is 2.44. The number of thiazole rings is 1. The van der Waals surface area contributed by atoms with Gasteiger partial charge in [0.2, 0.25) is 0 Å². The number of aliphatic hydroxyl groups is 1. The molecule has 2 heterocycles. The zero-order chi connectivity index (χ0) is 28.1. The number of esters is 1. The van der Waals surface area contributed by atoms with Gasteiger partial charge in [0.15, 0.2) is 5.13 Å². The molecule has 9 nitrogen and oxygen atoms in total. The molecule has 204 valence electrons. The Morgan fingerprint density at radius 2 is 1.72 bits per heavy atom. The molecule has 0 spiro atoms. The Morgan fingerprint density at radius 3 is 2.33 bits per heavy atom. The first kappa shape index (κ1) is 27.8. The van der Waals surface area contributed by atoms with E-state index in [-0.39, 0.29) is 27.9 Å². The van der Waals surface area contributed by atoms with Crippen LogP contribution in [-0.4, -0.2) is 48.1 Å². The first-order valence-corrected chi connectivity index (χ1v) is 13.4. The van der Waals surface area contributed by atoms with Crippen LogP contribution >= 0.6 is 11.3 Å². The summed E-state index contributed by atoms with van der Waals surface area (Å²) in [5.74, 6) is -1.38. The normalized spacial score (nSPS) is 16.4. The van der Waals surface area contributed by atoms with Crippen molar-refractivity contribution in [3.05, 3.63) is 75.8 Å². The highest BCUT2D eigenvalue weighted by Gasteiger charge is 2.48. The van der Waals surface area contributed by atoms with E-state index in [4.69, 9.17) is 14.2 Å². The summed E-state index contributed by atoms with van der Waals surface area (Å²) in [6, 6.07) is 12.5. The van der Waals surface area contributed by atoms with Crippen LogP contribution in [0.1, 0.15) is 59.2 Å². The number of unbranched alkanes of at least 4 members (excludes halogenated alkanes) is 1. The molecule has 10 heteroatoms. The number of hydrogen-bond donors (Lipinski definition) is 1. The van der Waals surface area contributed by atoms with Crippen LogP contribution in [-0.2, 0) is 14.3 Å². The number of Topliss-reactive ketones (excluding diaryl/α,β-unsaturated/α-hetero) is 1. The van der Waals surface area contributed by atoms with E-state index in [2.05, 4.69) is 11.9 Å². The van der Waals surface area contributed by atoms with Crippen molar-refractivity contribution in [3.8, 4) is 11.5 Å². The highest BCUT2D eigenvalue weighted by molar-refractivity contribution is 7.17. The van der Waals surface area contributed by atoms with E-state index in [1.165, 1.54) is 12.0 Å². The average Bonchev–Trinajstić information content (AvgIpc) is 3.45. The van der Waals surface area contributed by atoms with E-state index in [0.717, 1.165) is 24.2 Å². The Kier molecular flexibility index (Phi) is 8.65. The number of amides is 1. The monoisotopic (exact) mass is 550 g/mol. The number of aromatic nitrogens is 1. The molecule has 2 aromatic carbocycles. The number of ether oxygens (including phenoxy) is 3. The van der Waals surface area contributed by atoms with Crippen LogP contribution < -0.4 is 14.4 Å². The molecule has 0 bridgehead atoms. The maximum absolute atomic E-state index is 13.4. The molecule has 1 amide bonds. The van der Waals surface area contributed by atoms with Crippen LogP contribution in [0.2, 0.25) is 0 Å². The van der Waals surface area contributed by atoms with E-state index in [0.29, 0.717) is 34.9 Å². The Labute approximate surface area is 230 Å². The summed E-state index contributed by atoms with van der Waals surface area (Å²) in [6.07, 6.45) is 1.92. The molecule has 1 saturated heterocycles. The number of aryl methyl sites for hydroxylation is 1. The van der Waals surface area contributed by atoms with Crippen molar-refractivity contribution >= 4 is 39.9 Å². The third-order valence-corrected chi connectivity index (χ3v) is 7.36. The van der Waals surface area contributed by atoms with Crippen LogP contribution in [0.4, 0.5) is 5.13 Å². The van der Waals surface area contributed by atoms with Gasteiger partial charge in [0, 0.05) is 5.56 Å². The van der Waals surface area contributed by atoms with Crippen molar-refractivity contribution in [1.29, 1.82) is 0 Å². The predicted octanol–water partition coefficient (Wildman–Crippen LogP) is 5.44. The van der Waals surface area contributed by atoms with Gasteiger partial charge in [-0.1, -0.05) is 36.8 Å². The second-order valence-electron chi connectivity index (χ2n) is 8.80. The minimum Gasteiger partial charge on any atom is -0.507 e. The van der Waals surface area contributed by atoms with Gasteiger partial charge in [0.25, 0.3) is 5.78 Å². The van der Waals surface area contributed by atoms with Gasteiger partial charge in [-0.25, -0.2) is 9.78 Å². The van der Waals surface area contributed by atoms with Crippen molar-refractivity contribution in [1.82, 2.24) is 4.98 Å². The molecule has 4 rings (SSSR count). The molecule has 0 radical (unpaired) electrons. The summed E-state index contributed by atoms with van der Waals surface area (Å²) in [6.45, 7) is 6.16. The Bertz CT molecular complexity index is 1390. The largest absolute Gasteiger partial charge is 0.507 e. The number of benzene rings is 2. The molecule has 1 aromatic heterocycles. The number of carbonyl (C=O) groups is 3. The van der Waals surface area contributed by atoms with Crippen molar-refractivity contribution in [3.63, 3.8) is 0 Å². The number of methoxy groups -OCH3 is 1. The van der Waals surface area contributed by atoms with Gasteiger partial charge in [0.1, 0.15) is 22.1 Å². The number of ketones is 1. The summed E-state index contributed by atoms with van der Waals surface area (Å²) in [5, 5.41) is 11.5. The number of hydrogen-bond acceptors (Lipinski definition) is 9. The Morgan fingerprint density at radius 1 is 1.05 bits per heavy atom. The summed E-state index contributed by atoms with van der Waals surface area (Å²) < 4.78 is 16.1. The molecular formula is C29H30N2O7S. The molecule has 0 aliphatic carbocycles. The molecule has 39 heavy (non-hydrogen) atoms. The fourth-order valence-corrected chi connectivity index (χ4v) is 5.19. The van der Waals surface area contributed by atoms with E-state index in [1.54, 1.807) is 62.4 Å². The number of aliphatic hydroxyl groups excluding tert-OH is 1. The number of anilines is 1. The van der Waals surface area contributed by atoms with Crippen LogP contribution in [0.5, 0.6) is 11.5 Å². The lowest BCUT2D eigenvalue weighted by Crippen LogP contribution is -2.29. The average molecular weight is 551 g/mol. The van der Waals surface area contributed by atoms with Crippen LogP contribution in [0, 0.1) is 6.92 Å². The molecule has 1 aliphatic heterocycles. The second-order valence-corrected chi connectivity index (χ2v) is 9.78. The topological polar surface area (TPSA) is 115 Å². The second kappa shape index (κ2) is 12.1. The molecule has 1 aliphatic rings. The Balaban J connectivity index is 1.81. The zero-order valence-corrected chi connectivity index (χ0v) is 23.0. The summed E-state index contributed by atoms with van der Waals surface area (Å²) in [5.41, 5.74) is 1.20. The van der Waals surface area contributed by atoms with Gasteiger partial charge in [-0.15, -0.1) is 0 Å². The van der Waals surface area contributed by atoms with E-state index in [9.17, 15) is 19.5 Å². The maximum atomic E-state index is 13.4. The van der Waals surface area contributed by atoms with Gasteiger partial charge in [0.05, 0.1) is 37.6 Å². The quantitative estimate of drug-likeness (QED) is 0.117. The lowest BCUT2D eigenvalue weighted by Gasteiger charge is -2.23. The Hall–Kier alpha value is -4.18. The van der Waals surface area contributed by atoms with Gasteiger partial charge < -0.3 is 19.3 Å². The highest BCUT2D eigenvalue weighted by atomic mass is 32.1. The zero-order valence-electron chi connectivity index (χ0n) is 22.2. The van der Waals surface area contributed by atoms with Crippen molar-refractivity contribution in [2.24, 2.45) is 0 Å². The fraction of sp³-hybridized carbons (Fsp3) is 0.310. The number of rotatable bonds is 10. The third-order valence-electron chi connectivity index (χ3n) is 6.22. The summed E-state index contributed by atoms with van der Waals surface area (Å²) in [7, 11) is 1.53. The standard InChI is InChI=1S/C29H30N2O7S/c1-5-7-16-38-21-14-10-19(11-15-21)24(32)22-23(18-8-12-20(36-4)13-9-18)31(27(34)25(22)33)29-30-17(3)26(39-29)28(35)37-6-2/h8-15,23,32H,5-7,16H2,1-4H3/b24-22+.